The molecule has 1 aliphatic heterocycles. The highest BCUT2D eigenvalue weighted by Crippen LogP contribution is 2.26. The largest absolute Gasteiger partial charge is 0.383 e. The van der Waals surface area contributed by atoms with Gasteiger partial charge < -0.3 is 9.64 Å². The number of aromatic nitrogens is 2. The number of benzene rings is 1. The smallest absolute Gasteiger partial charge is 0.0589 e. The maximum atomic E-state index is 5.15. The zero-order chi connectivity index (χ0) is 15.4. The van der Waals surface area contributed by atoms with E-state index in [-0.39, 0.29) is 0 Å². The molecule has 0 unspecified atom stereocenters. The van der Waals surface area contributed by atoms with Gasteiger partial charge in [0.25, 0.3) is 0 Å². The molecular weight excluding hydrogens is 342 g/mol. The zero-order valence-electron chi connectivity index (χ0n) is 12.9. The van der Waals surface area contributed by atoms with Gasteiger partial charge in [0.05, 0.1) is 18.8 Å². The van der Waals surface area contributed by atoms with Crippen LogP contribution in [0.4, 0.5) is 0 Å². The minimum absolute atomic E-state index is 0.517. The van der Waals surface area contributed by atoms with Gasteiger partial charge in [-0.1, -0.05) is 28.1 Å². The molecule has 0 bridgehead atoms. The Hall–Kier alpha value is -1.17. The Morgan fingerprint density at radius 2 is 1.91 bits per heavy atom. The van der Waals surface area contributed by atoms with Crippen LogP contribution in [0.25, 0.3) is 11.1 Å². The van der Waals surface area contributed by atoms with Gasteiger partial charge in [0.15, 0.2) is 0 Å². The fourth-order valence-electron chi connectivity index (χ4n) is 2.96. The number of ether oxygens (including phenoxy) is 1. The molecular formula is C17H22BrN3O. The van der Waals surface area contributed by atoms with E-state index in [1.165, 1.54) is 11.1 Å². The maximum Gasteiger partial charge on any atom is 0.0589 e. The second kappa shape index (κ2) is 7.40. The van der Waals surface area contributed by atoms with Crippen LogP contribution in [0, 0.1) is 0 Å². The lowest BCUT2D eigenvalue weighted by Gasteiger charge is -2.31. The van der Waals surface area contributed by atoms with Crippen molar-refractivity contribution < 1.29 is 4.74 Å². The summed E-state index contributed by atoms with van der Waals surface area (Å²) >= 11 is 3.47. The summed E-state index contributed by atoms with van der Waals surface area (Å²) in [7, 11) is 1.76. The molecule has 118 valence electrons. The van der Waals surface area contributed by atoms with Gasteiger partial charge in [-0.3, -0.25) is 4.68 Å². The van der Waals surface area contributed by atoms with Crippen molar-refractivity contribution in [1.82, 2.24) is 14.7 Å². The standard InChI is InChI=1S/C17H22BrN3O/c1-22-11-10-20-8-6-17(7-9-20)21-13-15(12-19-21)14-2-4-16(18)5-3-14/h2-5,12-13,17H,6-11H2,1H3. The molecule has 0 spiro atoms. The van der Waals surface area contributed by atoms with Crippen molar-refractivity contribution in [2.45, 2.75) is 18.9 Å². The summed E-state index contributed by atoms with van der Waals surface area (Å²) in [6.45, 7) is 4.11. The summed E-state index contributed by atoms with van der Waals surface area (Å²) in [5, 5.41) is 4.59. The van der Waals surface area contributed by atoms with Crippen LogP contribution in [-0.2, 0) is 4.74 Å². The Kier molecular flexibility index (Phi) is 5.28. The molecule has 22 heavy (non-hydrogen) atoms. The first-order valence-corrected chi connectivity index (χ1v) is 8.57. The third-order valence-corrected chi connectivity index (χ3v) is 4.85. The number of methoxy groups -OCH3 is 1. The van der Waals surface area contributed by atoms with Gasteiger partial charge in [-0.15, -0.1) is 0 Å². The van der Waals surface area contributed by atoms with E-state index in [0.717, 1.165) is 43.6 Å². The van der Waals surface area contributed by atoms with Crippen molar-refractivity contribution in [1.29, 1.82) is 0 Å². The fraction of sp³-hybridized carbons (Fsp3) is 0.471. The fourth-order valence-corrected chi connectivity index (χ4v) is 3.22. The van der Waals surface area contributed by atoms with Crippen molar-refractivity contribution in [3.05, 3.63) is 41.1 Å². The van der Waals surface area contributed by atoms with Gasteiger partial charge in [0, 0.05) is 43.0 Å². The zero-order valence-corrected chi connectivity index (χ0v) is 14.5. The molecule has 2 heterocycles. The highest BCUT2D eigenvalue weighted by Gasteiger charge is 2.20. The van der Waals surface area contributed by atoms with E-state index in [1.54, 1.807) is 7.11 Å². The third kappa shape index (κ3) is 3.77. The van der Waals surface area contributed by atoms with E-state index in [2.05, 4.69) is 61.1 Å². The quantitative estimate of drug-likeness (QED) is 0.812. The van der Waals surface area contributed by atoms with E-state index in [9.17, 15) is 0 Å². The molecule has 2 aromatic rings. The van der Waals surface area contributed by atoms with Gasteiger partial charge >= 0.3 is 0 Å². The van der Waals surface area contributed by atoms with E-state index in [0.29, 0.717) is 6.04 Å². The first-order valence-electron chi connectivity index (χ1n) is 7.77. The average Bonchev–Trinajstić information content (AvgIpc) is 3.04. The Morgan fingerprint density at radius 1 is 1.18 bits per heavy atom. The second-order valence-corrected chi connectivity index (χ2v) is 6.70. The van der Waals surface area contributed by atoms with Crippen LogP contribution in [0.15, 0.2) is 41.1 Å². The van der Waals surface area contributed by atoms with E-state index in [4.69, 9.17) is 4.74 Å². The number of piperidine rings is 1. The highest BCUT2D eigenvalue weighted by atomic mass is 79.9. The summed E-state index contributed by atoms with van der Waals surface area (Å²) in [6.07, 6.45) is 6.47. The van der Waals surface area contributed by atoms with E-state index < -0.39 is 0 Å². The van der Waals surface area contributed by atoms with Gasteiger partial charge in [-0.2, -0.15) is 5.10 Å². The van der Waals surface area contributed by atoms with Gasteiger partial charge in [0.1, 0.15) is 0 Å². The van der Waals surface area contributed by atoms with Crippen LogP contribution in [0.2, 0.25) is 0 Å². The Bertz CT molecular complexity index is 588. The maximum absolute atomic E-state index is 5.15. The monoisotopic (exact) mass is 363 g/mol. The first-order chi connectivity index (χ1) is 10.8. The molecule has 0 saturated carbocycles. The minimum atomic E-state index is 0.517. The summed E-state index contributed by atoms with van der Waals surface area (Å²) < 4.78 is 8.40. The molecule has 4 nitrogen and oxygen atoms in total. The van der Waals surface area contributed by atoms with Crippen molar-refractivity contribution >= 4 is 15.9 Å². The molecule has 0 radical (unpaired) electrons. The van der Waals surface area contributed by atoms with Crippen molar-refractivity contribution in [3.63, 3.8) is 0 Å². The topological polar surface area (TPSA) is 30.3 Å². The number of rotatable bonds is 5. The number of hydrogen-bond acceptors (Lipinski definition) is 3. The van der Waals surface area contributed by atoms with Crippen LogP contribution in [0.3, 0.4) is 0 Å². The Balaban J connectivity index is 1.61. The molecule has 1 aliphatic rings. The molecule has 1 aromatic heterocycles. The first kappa shape index (κ1) is 15.7. The normalized spacial score (nSPS) is 17.0. The third-order valence-electron chi connectivity index (χ3n) is 4.32. The summed E-state index contributed by atoms with van der Waals surface area (Å²) in [4.78, 5) is 2.47. The van der Waals surface area contributed by atoms with Gasteiger partial charge in [-0.05, 0) is 30.5 Å². The SMILES string of the molecule is COCCN1CCC(n2cc(-c3ccc(Br)cc3)cn2)CC1. The molecule has 0 atom stereocenters. The van der Waals surface area contributed by atoms with Crippen LogP contribution in [0.5, 0.6) is 0 Å². The summed E-state index contributed by atoms with van der Waals surface area (Å²) in [5.41, 5.74) is 2.40. The van der Waals surface area contributed by atoms with E-state index in [1.807, 2.05) is 6.20 Å². The molecule has 5 heteroatoms. The van der Waals surface area contributed by atoms with Crippen molar-refractivity contribution in [3.8, 4) is 11.1 Å². The summed E-state index contributed by atoms with van der Waals surface area (Å²) in [5.74, 6) is 0. The summed E-state index contributed by atoms with van der Waals surface area (Å²) in [6, 6.07) is 8.91. The molecule has 0 N–H and O–H groups in total. The molecule has 1 aromatic carbocycles. The lowest BCUT2D eigenvalue weighted by molar-refractivity contribution is 0.119. The van der Waals surface area contributed by atoms with Crippen LogP contribution < -0.4 is 0 Å². The average molecular weight is 364 g/mol. The van der Waals surface area contributed by atoms with Gasteiger partial charge in [-0.25, -0.2) is 0 Å². The van der Waals surface area contributed by atoms with Crippen molar-refractivity contribution in [2.75, 3.05) is 33.4 Å². The number of halogens is 1. The Morgan fingerprint density at radius 3 is 2.59 bits per heavy atom. The van der Waals surface area contributed by atoms with E-state index >= 15 is 0 Å². The van der Waals surface area contributed by atoms with Crippen LogP contribution >= 0.6 is 15.9 Å². The second-order valence-electron chi connectivity index (χ2n) is 5.78. The molecule has 0 aliphatic carbocycles. The molecule has 1 fully saturated rings. The number of nitrogens with zero attached hydrogens (tertiary/aromatic N) is 3. The lowest BCUT2D eigenvalue weighted by atomic mass is 10.1. The predicted octanol–water partition coefficient (Wildman–Crippen LogP) is 3.60. The van der Waals surface area contributed by atoms with Crippen LogP contribution in [0.1, 0.15) is 18.9 Å². The Labute approximate surface area is 140 Å². The van der Waals surface area contributed by atoms with Crippen molar-refractivity contribution in [2.24, 2.45) is 0 Å². The number of likely N-dealkylation sites (tertiary alicyclic amines) is 1. The minimum Gasteiger partial charge on any atom is -0.383 e. The lowest BCUT2D eigenvalue weighted by Crippen LogP contribution is -2.36. The molecule has 0 amide bonds. The van der Waals surface area contributed by atoms with Crippen LogP contribution in [-0.4, -0.2) is 48.0 Å². The highest BCUT2D eigenvalue weighted by molar-refractivity contribution is 9.10. The molecule has 1 saturated heterocycles. The van der Waals surface area contributed by atoms with Gasteiger partial charge in [0.2, 0.25) is 0 Å². The number of hydrogen-bond donors (Lipinski definition) is 0. The predicted molar refractivity (Wildman–Crippen MR) is 92.0 cm³/mol. The molecule has 3 rings (SSSR count).